The maximum atomic E-state index is 13.1. The van der Waals surface area contributed by atoms with E-state index in [1.807, 2.05) is 91.0 Å². The predicted octanol–water partition coefficient (Wildman–Crippen LogP) is 6.41. The molecule has 4 aromatic rings. The Kier molecular flexibility index (Phi) is 7.33. The van der Waals surface area contributed by atoms with Crippen molar-refractivity contribution in [2.45, 2.75) is 6.42 Å². The highest BCUT2D eigenvalue weighted by Gasteiger charge is 2.21. The minimum absolute atomic E-state index is 0.286. The van der Waals surface area contributed by atoms with E-state index in [1.54, 1.807) is 18.2 Å². The maximum Gasteiger partial charge on any atom is 0.237 e. The van der Waals surface area contributed by atoms with Crippen molar-refractivity contribution < 1.29 is 9.59 Å². The van der Waals surface area contributed by atoms with Gasteiger partial charge in [0.2, 0.25) is 11.6 Å². The summed E-state index contributed by atoms with van der Waals surface area (Å²) >= 11 is 0. The molecule has 0 saturated carbocycles. The minimum Gasteiger partial charge on any atom is -0.285 e. The second kappa shape index (κ2) is 11.8. The SMILES string of the molecule is O=C1C(=O)c2cccc(c2)C#Cc2cccc(c2)C#Cc2cccc(c2)C#Cc2cccc(c2)C#CC2=C=C1CC=C2. The Morgan fingerprint density at radius 1 is 0.452 bits per heavy atom. The fourth-order valence-corrected chi connectivity index (χ4v) is 4.38. The molecule has 192 valence electrons. The van der Waals surface area contributed by atoms with Crippen LogP contribution >= 0.6 is 0 Å². The molecular weight excluding hydrogens is 512 g/mol. The van der Waals surface area contributed by atoms with E-state index < -0.39 is 11.6 Å². The molecule has 2 nitrogen and oxygen atoms in total. The van der Waals surface area contributed by atoms with Crippen LogP contribution in [0.4, 0.5) is 0 Å². The van der Waals surface area contributed by atoms with Gasteiger partial charge in [-0.25, -0.2) is 0 Å². The fraction of sp³-hybridized carbons (Fsp3) is 0.0250. The number of carbonyl (C=O) groups excluding carboxylic acids is 2. The molecule has 0 aromatic heterocycles. The van der Waals surface area contributed by atoms with Crippen molar-refractivity contribution in [3.8, 4) is 47.4 Å². The van der Waals surface area contributed by atoms with Gasteiger partial charge in [-0.3, -0.25) is 9.59 Å². The van der Waals surface area contributed by atoms with E-state index in [2.05, 4.69) is 53.1 Å². The molecule has 6 rings (SSSR count). The smallest absolute Gasteiger partial charge is 0.237 e. The van der Waals surface area contributed by atoms with Crippen molar-refractivity contribution >= 4 is 11.6 Å². The first kappa shape index (κ1) is 26.0. The molecule has 2 aliphatic carbocycles. The Balaban J connectivity index is 1.46. The van der Waals surface area contributed by atoms with Gasteiger partial charge in [-0.05, 0) is 72.8 Å². The summed E-state index contributed by atoms with van der Waals surface area (Å²) in [6.45, 7) is 0. The van der Waals surface area contributed by atoms with Gasteiger partial charge < -0.3 is 0 Å². The number of rotatable bonds is 0. The van der Waals surface area contributed by atoms with E-state index in [9.17, 15) is 9.59 Å². The highest BCUT2D eigenvalue weighted by atomic mass is 16.2. The van der Waals surface area contributed by atoms with Gasteiger partial charge in [0.15, 0.2) is 0 Å². The van der Waals surface area contributed by atoms with Crippen LogP contribution in [0.1, 0.15) is 55.7 Å². The van der Waals surface area contributed by atoms with Gasteiger partial charge in [-0.2, -0.15) is 0 Å². The Labute approximate surface area is 245 Å². The Morgan fingerprint density at radius 2 is 0.857 bits per heavy atom. The summed E-state index contributed by atoms with van der Waals surface area (Å²) < 4.78 is 0. The van der Waals surface area contributed by atoms with Gasteiger partial charge in [-0.1, -0.05) is 89.5 Å². The molecule has 0 unspecified atom stereocenters. The predicted molar refractivity (Wildman–Crippen MR) is 164 cm³/mol. The van der Waals surface area contributed by atoms with Crippen LogP contribution in [-0.2, 0) is 4.79 Å². The number of carbonyl (C=O) groups is 2. The summed E-state index contributed by atoms with van der Waals surface area (Å²) in [5.74, 6) is 24.1. The standard InChI is InChI=1S/C40H20O2/c41-39-37-14-4-12-35(27-37)22-20-33-10-2-8-31(25-33)18-16-29-6-1-7-30(24-29)17-19-32-9-3-11-34(26-32)21-23-36-13-5-15-38(28-36)40(39)42/h1-14,24-27H,15H2. The third kappa shape index (κ3) is 6.30. The normalized spacial score (nSPS) is 13.0. The summed E-state index contributed by atoms with van der Waals surface area (Å²) in [5.41, 5.74) is 9.75. The molecule has 0 aliphatic heterocycles. The van der Waals surface area contributed by atoms with Crippen molar-refractivity contribution in [3.63, 3.8) is 0 Å². The lowest BCUT2D eigenvalue weighted by Gasteiger charge is -2.05. The molecule has 0 atom stereocenters. The average Bonchev–Trinajstić information content (AvgIpc) is 3.04. The molecule has 0 amide bonds. The zero-order chi connectivity index (χ0) is 28.7. The maximum absolute atomic E-state index is 13.1. The minimum atomic E-state index is -0.596. The third-order valence-electron chi connectivity index (χ3n) is 6.48. The lowest BCUT2D eigenvalue weighted by Crippen LogP contribution is -2.16. The number of ketones is 2. The number of fused-ring (bicyclic) bond motifs is 8. The Morgan fingerprint density at radius 3 is 1.33 bits per heavy atom. The first-order chi connectivity index (χ1) is 20.6. The molecule has 0 N–H and O–H groups in total. The highest BCUT2D eigenvalue weighted by Crippen LogP contribution is 2.16. The Hall–Kier alpha value is -6.28. The number of Topliss-reactive ketones (excluding diaryl/α,β-unsaturated/α-hetero) is 2. The van der Waals surface area contributed by atoms with Crippen molar-refractivity contribution in [1.29, 1.82) is 0 Å². The summed E-state index contributed by atoms with van der Waals surface area (Å²) in [7, 11) is 0. The van der Waals surface area contributed by atoms with Crippen molar-refractivity contribution in [1.82, 2.24) is 0 Å². The lowest BCUT2D eigenvalue weighted by atomic mass is 9.96. The van der Waals surface area contributed by atoms with Crippen LogP contribution in [0.2, 0.25) is 0 Å². The van der Waals surface area contributed by atoms with Crippen LogP contribution in [-0.4, -0.2) is 11.6 Å². The zero-order valence-electron chi connectivity index (χ0n) is 22.4. The number of hydrogen-bond donors (Lipinski definition) is 0. The summed E-state index contributed by atoms with van der Waals surface area (Å²) in [6.07, 6.45) is 3.95. The molecule has 42 heavy (non-hydrogen) atoms. The lowest BCUT2D eigenvalue weighted by molar-refractivity contribution is -0.111. The molecule has 2 heteroatoms. The van der Waals surface area contributed by atoms with Crippen LogP contribution in [0.5, 0.6) is 0 Å². The van der Waals surface area contributed by atoms with Gasteiger partial charge in [0, 0.05) is 50.9 Å². The van der Waals surface area contributed by atoms with Gasteiger partial charge in [0.1, 0.15) is 0 Å². The van der Waals surface area contributed by atoms with Crippen LogP contribution in [0.3, 0.4) is 0 Å². The molecule has 0 fully saturated rings. The molecule has 0 radical (unpaired) electrons. The summed E-state index contributed by atoms with van der Waals surface area (Å²) in [4.78, 5) is 26.2. The first-order valence-electron chi connectivity index (χ1n) is 13.3. The largest absolute Gasteiger partial charge is 0.285 e. The second-order valence-corrected chi connectivity index (χ2v) is 9.61. The monoisotopic (exact) mass is 532 g/mol. The van der Waals surface area contributed by atoms with Gasteiger partial charge in [0.25, 0.3) is 0 Å². The van der Waals surface area contributed by atoms with Crippen LogP contribution in [0.15, 0.2) is 126 Å². The van der Waals surface area contributed by atoms with Gasteiger partial charge >= 0.3 is 0 Å². The summed E-state index contributed by atoms with van der Waals surface area (Å²) in [5, 5.41) is 0. The number of hydrogen-bond acceptors (Lipinski definition) is 2. The van der Waals surface area contributed by atoms with Crippen LogP contribution in [0.25, 0.3) is 0 Å². The molecule has 0 saturated heterocycles. The average molecular weight is 533 g/mol. The summed E-state index contributed by atoms with van der Waals surface area (Å²) in [6, 6.07) is 30.0. The van der Waals surface area contributed by atoms with Crippen LogP contribution in [0, 0.1) is 47.4 Å². The van der Waals surface area contributed by atoms with Gasteiger partial charge in [-0.15, -0.1) is 0 Å². The van der Waals surface area contributed by atoms with Crippen molar-refractivity contribution in [3.05, 3.63) is 171 Å². The van der Waals surface area contributed by atoms with E-state index >= 15 is 0 Å². The molecule has 4 aromatic carbocycles. The van der Waals surface area contributed by atoms with Crippen molar-refractivity contribution in [2.75, 3.05) is 0 Å². The zero-order valence-corrected chi connectivity index (χ0v) is 22.4. The molecular formula is C40H20O2. The molecule has 2 aliphatic rings. The van der Waals surface area contributed by atoms with Crippen molar-refractivity contribution in [2.24, 2.45) is 0 Å². The highest BCUT2D eigenvalue weighted by molar-refractivity contribution is 6.49. The molecule has 0 spiro atoms. The quantitative estimate of drug-likeness (QED) is 0.149. The van der Waals surface area contributed by atoms with E-state index in [-0.39, 0.29) is 11.1 Å². The van der Waals surface area contributed by atoms with E-state index in [4.69, 9.17) is 0 Å². The van der Waals surface area contributed by atoms with E-state index in [0.29, 0.717) is 17.6 Å². The Bertz CT molecular complexity index is 2150. The molecule has 10 bridgehead atoms. The first-order valence-corrected chi connectivity index (χ1v) is 13.3. The van der Waals surface area contributed by atoms with E-state index in [0.717, 1.165) is 33.4 Å². The topological polar surface area (TPSA) is 34.1 Å². The molecule has 0 heterocycles. The third-order valence-corrected chi connectivity index (χ3v) is 6.48. The fourth-order valence-electron chi connectivity index (χ4n) is 4.38. The van der Waals surface area contributed by atoms with Gasteiger partial charge in [0.05, 0.1) is 11.1 Å². The number of allylic oxidation sites excluding steroid dienone is 3. The van der Waals surface area contributed by atoms with E-state index in [1.165, 1.54) is 0 Å². The number of benzene rings is 4. The van der Waals surface area contributed by atoms with Crippen LogP contribution < -0.4 is 0 Å². The second-order valence-electron chi connectivity index (χ2n) is 9.61.